The highest BCUT2D eigenvalue weighted by Crippen LogP contribution is 2.29. The third-order valence-corrected chi connectivity index (χ3v) is 5.09. The van der Waals surface area contributed by atoms with Crippen LogP contribution >= 0.6 is 22.9 Å². The molecule has 6 heteroatoms. The van der Waals surface area contributed by atoms with Gasteiger partial charge in [-0.25, -0.2) is 15.0 Å². The van der Waals surface area contributed by atoms with Gasteiger partial charge in [0.1, 0.15) is 6.33 Å². The molecule has 0 spiro atoms. The molecule has 0 amide bonds. The number of halogens is 1. The van der Waals surface area contributed by atoms with Crippen LogP contribution in [0.15, 0.2) is 59.7 Å². The Kier molecular flexibility index (Phi) is 4.93. The van der Waals surface area contributed by atoms with E-state index in [9.17, 15) is 0 Å². The molecule has 4 aromatic rings. The van der Waals surface area contributed by atoms with Gasteiger partial charge in [-0.1, -0.05) is 17.7 Å². The zero-order valence-corrected chi connectivity index (χ0v) is 15.8. The Bertz CT molecular complexity index is 1020. The maximum absolute atomic E-state index is 6.15. The van der Waals surface area contributed by atoms with Crippen molar-refractivity contribution in [3.05, 3.63) is 76.0 Å². The Morgan fingerprint density at radius 3 is 2.81 bits per heavy atom. The summed E-state index contributed by atoms with van der Waals surface area (Å²) in [5.41, 5.74) is 5.26. The van der Waals surface area contributed by atoms with E-state index in [0.29, 0.717) is 5.02 Å². The number of thiophene rings is 1. The van der Waals surface area contributed by atoms with E-state index in [0.717, 1.165) is 40.9 Å². The first-order chi connectivity index (χ1) is 12.7. The van der Waals surface area contributed by atoms with E-state index in [1.807, 2.05) is 24.3 Å². The van der Waals surface area contributed by atoms with Gasteiger partial charge in [0.2, 0.25) is 0 Å². The third-order valence-electron chi connectivity index (χ3n) is 4.17. The zero-order valence-electron chi connectivity index (χ0n) is 14.3. The van der Waals surface area contributed by atoms with Crippen LogP contribution in [-0.4, -0.2) is 26.9 Å². The van der Waals surface area contributed by atoms with Crippen molar-refractivity contribution in [2.24, 2.45) is 0 Å². The van der Waals surface area contributed by atoms with Crippen LogP contribution in [0.4, 0.5) is 0 Å². The van der Waals surface area contributed by atoms with Crippen LogP contribution in [0.5, 0.6) is 0 Å². The molecule has 130 valence electrons. The second-order valence-corrected chi connectivity index (χ2v) is 7.43. The number of aromatic nitrogens is 3. The topological polar surface area (TPSA) is 41.9 Å². The predicted molar refractivity (Wildman–Crippen MR) is 107 cm³/mol. The molecule has 0 radical (unpaired) electrons. The molecule has 26 heavy (non-hydrogen) atoms. The number of pyridine rings is 1. The van der Waals surface area contributed by atoms with E-state index in [2.05, 4.69) is 44.8 Å². The van der Waals surface area contributed by atoms with Gasteiger partial charge in [0.15, 0.2) is 0 Å². The lowest BCUT2D eigenvalue weighted by molar-refractivity contribution is 0.315. The van der Waals surface area contributed by atoms with Crippen LogP contribution in [-0.2, 0) is 13.1 Å². The molecule has 4 nitrogen and oxygen atoms in total. The Balaban J connectivity index is 1.70. The standard InChI is InChI=1S/C20H17ClN4S/c1-25(11-18-4-6-22-13-23-18)10-16-8-14-2-3-17(21)9-19(14)24-20(16)15-5-7-26-12-15/h2-9,12-13H,10-11H2,1H3. The summed E-state index contributed by atoms with van der Waals surface area (Å²) in [5.74, 6) is 0. The minimum absolute atomic E-state index is 0.704. The van der Waals surface area contributed by atoms with Crippen LogP contribution < -0.4 is 0 Å². The molecule has 3 heterocycles. The van der Waals surface area contributed by atoms with E-state index in [1.54, 1.807) is 23.9 Å². The van der Waals surface area contributed by atoms with E-state index in [4.69, 9.17) is 16.6 Å². The maximum atomic E-state index is 6.15. The third kappa shape index (κ3) is 3.75. The number of fused-ring (bicyclic) bond motifs is 1. The summed E-state index contributed by atoms with van der Waals surface area (Å²) in [6, 6.07) is 12.1. The van der Waals surface area contributed by atoms with Gasteiger partial charge in [0, 0.05) is 40.6 Å². The van der Waals surface area contributed by atoms with Crippen molar-refractivity contribution in [1.82, 2.24) is 19.9 Å². The smallest absolute Gasteiger partial charge is 0.115 e. The largest absolute Gasteiger partial charge is 0.296 e. The monoisotopic (exact) mass is 380 g/mol. The number of benzene rings is 1. The average molecular weight is 381 g/mol. The van der Waals surface area contributed by atoms with Gasteiger partial charge in [-0.05, 0) is 48.3 Å². The van der Waals surface area contributed by atoms with Crippen molar-refractivity contribution in [1.29, 1.82) is 0 Å². The van der Waals surface area contributed by atoms with E-state index in [1.165, 1.54) is 5.56 Å². The first kappa shape index (κ1) is 17.1. The number of rotatable bonds is 5. The minimum Gasteiger partial charge on any atom is -0.296 e. The summed E-state index contributed by atoms with van der Waals surface area (Å²) in [7, 11) is 2.09. The number of hydrogen-bond acceptors (Lipinski definition) is 5. The van der Waals surface area contributed by atoms with Gasteiger partial charge < -0.3 is 0 Å². The molecule has 0 fully saturated rings. The molecule has 0 bridgehead atoms. The molecule has 0 saturated heterocycles. The van der Waals surface area contributed by atoms with Crippen molar-refractivity contribution in [3.8, 4) is 11.3 Å². The van der Waals surface area contributed by atoms with Gasteiger partial charge >= 0.3 is 0 Å². The SMILES string of the molecule is CN(Cc1ccncn1)Cc1cc2ccc(Cl)cc2nc1-c1ccsc1. The molecule has 0 atom stereocenters. The van der Waals surface area contributed by atoms with Gasteiger partial charge in [-0.3, -0.25) is 4.90 Å². The highest BCUT2D eigenvalue weighted by Gasteiger charge is 2.13. The number of hydrogen-bond donors (Lipinski definition) is 0. The lowest BCUT2D eigenvalue weighted by Crippen LogP contribution is -2.18. The highest BCUT2D eigenvalue weighted by atomic mass is 35.5. The summed E-state index contributed by atoms with van der Waals surface area (Å²) < 4.78 is 0. The fraction of sp³-hybridized carbons (Fsp3) is 0.150. The fourth-order valence-corrected chi connectivity index (χ4v) is 3.80. The Morgan fingerprint density at radius 1 is 1.12 bits per heavy atom. The van der Waals surface area contributed by atoms with Crippen LogP contribution in [0.1, 0.15) is 11.3 Å². The van der Waals surface area contributed by atoms with E-state index >= 15 is 0 Å². The van der Waals surface area contributed by atoms with Gasteiger partial charge in [0.05, 0.1) is 16.9 Å². The van der Waals surface area contributed by atoms with Crippen molar-refractivity contribution < 1.29 is 0 Å². The average Bonchev–Trinajstić information content (AvgIpc) is 3.16. The van der Waals surface area contributed by atoms with Gasteiger partial charge in [0.25, 0.3) is 0 Å². The van der Waals surface area contributed by atoms with Crippen LogP contribution in [0.25, 0.3) is 22.2 Å². The van der Waals surface area contributed by atoms with Crippen molar-refractivity contribution in [2.75, 3.05) is 7.05 Å². The molecule has 4 rings (SSSR count). The summed E-state index contributed by atoms with van der Waals surface area (Å²) in [6.45, 7) is 1.53. The Morgan fingerprint density at radius 2 is 2.04 bits per heavy atom. The van der Waals surface area contributed by atoms with Crippen LogP contribution in [0.2, 0.25) is 5.02 Å². The maximum Gasteiger partial charge on any atom is 0.115 e. The summed E-state index contributed by atoms with van der Waals surface area (Å²) >= 11 is 7.83. The first-order valence-corrected chi connectivity index (χ1v) is 9.56. The summed E-state index contributed by atoms with van der Waals surface area (Å²) in [6.07, 6.45) is 3.36. The van der Waals surface area contributed by atoms with Crippen LogP contribution in [0.3, 0.4) is 0 Å². The fourth-order valence-electron chi connectivity index (χ4n) is 2.99. The molecule has 0 unspecified atom stereocenters. The Labute approximate surface area is 161 Å². The van der Waals surface area contributed by atoms with Crippen LogP contribution in [0, 0.1) is 0 Å². The zero-order chi connectivity index (χ0) is 17.9. The van der Waals surface area contributed by atoms with Crippen molar-refractivity contribution in [3.63, 3.8) is 0 Å². The van der Waals surface area contributed by atoms with E-state index < -0.39 is 0 Å². The van der Waals surface area contributed by atoms with Crippen molar-refractivity contribution >= 4 is 33.8 Å². The van der Waals surface area contributed by atoms with Gasteiger partial charge in [-0.15, -0.1) is 0 Å². The second kappa shape index (κ2) is 7.50. The summed E-state index contributed by atoms with van der Waals surface area (Å²) in [4.78, 5) is 15.4. The molecule has 1 aromatic carbocycles. The molecule has 3 aromatic heterocycles. The predicted octanol–water partition coefficient (Wildman–Crippen LogP) is 5.04. The molecule has 0 N–H and O–H groups in total. The van der Waals surface area contributed by atoms with E-state index in [-0.39, 0.29) is 0 Å². The molecule has 0 aliphatic heterocycles. The number of nitrogens with zero attached hydrogens (tertiary/aromatic N) is 4. The lowest BCUT2D eigenvalue weighted by Gasteiger charge is -2.18. The molecule has 0 saturated carbocycles. The first-order valence-electron chi connectivity index (χ1n) is 8.24. The Hall–Kier alpha value is -2.34. The summed E-state index contributed by atoms with van der Waals surface area (Å²) in [5, 5.41) is 6.01. The minimum atomic E-state index is 0.704. The van der Waals surface area contributed by atoms with Gasteiger partial charge in [-0.2, -0.15) is 11.3 Å². The molecular weight excluding hydrogens is 364 g/mol. The normalized spacial score (nSPS) is 11.3. The quantitative estimate of drug-likeness (QED) is 0.486. The lowest BCUT2D eigenvalue weighted by atomic mass is 10.0. The molecule has 0 aliphatic rings. The second-order valence-electron chi connectivity index (χ2n) is 6.22. The molecular formula is C20H17ClN4S. The van der Waals surface area contributed by atoms with Crippen molar-refractivity contribution in [2.45, 2.75) is 13.1 Å². The molecule has 0 aliphatic carbocycles. The highest BCUT2D eigenvalue weighted by molar-refractivity contribution is 7.08.